The third kappa shape index (κ3) is 5.06. The van der Waals surface area contributed by atoms with E-state index in [1.165, 1.54) is 0 Å². The molecule has 5 nitrogen and oxygen atoms in total. The van der Waals surface area contributed by atoms with Crippen molar-refractivity contribution in [1.29, 1.82) is 0 Å². The molecule has 0 aromatic heterocycles. The lowest BCUT2D eigenvalue weighted by Crippen LogP contribution is -2.37. The van der Waals surface area contributed by atoms with E-state index < -0.39 is 15.9 Å². The van der Waals surface area contributed by atoms with Gasteiger partial charge in [0, 0.05) is 6.26 Å². The van der Waals surface area contributed by atoms with Gasteiger partial charge in [-0.2, -0.15) is 0 Å². The predicted octanol–water partition coefficient (Wildman–Crippen LogP) is 3.04. The molecule has 1 amide bonds. The molecule has 0 fully saturated rings. The highest BCUT2D eigenvalue weighted by Gasteiger charge is 2.18. The fourth-order valence-corrected chi connectivity index (χ4v) is 2.98. The standard InChI is InChI=1S/C19H23NO4S/c1-13-7-5-6-8-18(13)24-15(3)19(21)20-14(2)16-9-11-17(12-10-16)25(4,22)23/h5-12,14-15H,1-4H3,(H,20,21)/t14-,15-/m1/s1. The molecule has 0 saturated carbocycles. The molecule has 6 heteroatoms. The van der Waals surface area contributed by atoms with Crippen LogP contribution in [0.15, 0.2) is 53.4 Å². The molecule has 0 saturated heterocycles. The van der Waals surface area contributed by atoms with Gasteiger partial charge in [0.25, 0.3) is 5.91 Å². The maximum atomic E-state index is 12.3. The number of carbonyl (C=O) groups is 1. The number of hydrogen-bond acceptors (Lipinski definition) is 4. The van der Waals surface area contributed by atoms with Gasteiger partial charge < -0.3 is 10.1 Å². The molecule has 0 unspecified atom stereocenters. The summed E-state index contributed by atoms with van der Waals surface area (Å²) in [6, 6.07) is 13.7. The van der Waals surface area contributed by atoms with Gasteiger partial charge in [-0.15, -0.1) is 0 Å². The van der Waals surface area contributed by atoms with Crippen LogP contribution in [0.3, 0.4) is 0 Å². The number of nitrogens with one attached hydrogen (secondary N) is 1. The molecular weight excluding hydrogens is 338 g/mol. The minimum atomic E-state index is -3.23. The Morgan fingerprint density at radius 3 is 2.20 bits per heavy atom. The second-order valence-electron chi connectivity index (χ2n) is 6.10. The van der Waals surface area contributed by atoms with Gasteiger partial charge in [-0.05, 0) is 50.1 Å². The van der Waals surface area contributed by atoms with Gasteiger partial charge in [-0.1, -0.05) is 30.3 Å². The normalized spacial score (nSPS) is 13.8. The van der Waals surface area contributed by atoms with Crippen LogP contribution in [-0.4, -0.2) is 26.7 Å². The van der Waals surface area contributed by atoms with Crippen molar-refractivity contribution in [3.05, 3.63) is 59.7 Å². The zero-order chi connectivity index (χ0) is 18.6. The zero-order valence-electron chi connectivity index (χ0n) is 14.8. The highest BCUT2D eigenvalue weighted by Crippen LogP contribution is 2.19. The minimum Gasteiger partial charge on any atom is -0.481 e. The summed E-state index contributed by atoms with van der Waals surface area (Å²) in [7, 11) is -3.23. The molecule has 25 heavy (non-hydrogen) atoms. The Morgan fingerprint density at radius 2 is 1.64 bits per heavy atom. The van der Waals surface area contributed by atoms with E-state index in [4.69, 9.17) is 4.74 Å². The number of para-hydroxylation sites is 1. The Bertz CT molecular complexity index is 844. The van der Waals surface area contributed by atoms with Crippen molar-refractivity contribution in [2.75, 3.05) is 6.26 Å². The maximum Gasteiger partial charge on any atom is 0.261 e. The summed E-state index contributed by atoms with van der Waals surface area (Å²) in [5.74, 6) is 0.443. The molecule has 134 valence electrons. The lowest BCUT2D eigenvalue weighted by molar-refractivity contribution is -0.127. The smallest absolute Gasteiger partial charge is 0.261 e. The van der Waals surface area contributed by atoms with Crippen LogP contribution >= 0.6 is 0 Å². The van der Waals surface area contributed by atoms with E-state index in [1.807, 2.05) is 38.1 Å². The van der Waals surface area contributed by atoms with Gasteiger partial charge in [0.1, 0.15) is 5.75 Å². The van der Waals surface area contributed by atoms with Crippen molar-refractivity contribution in [3.8, 4) is 5.75 Å². The fourth-order valence-electron chi connectivity index (χ4n) is 2.35. The average Bonchev–Trinajstić information content (AvgIpc) is 2.56. The summed E-state index contributed by atoms with van der Waals surface area (Å²) in [6.45, 7) is 5.46. The van der Waals surface area contributed by atoms with Crippen molar-refractivity contribution in [2.45, 2.75) is 37.8 Å². The lowest BCUT2D eigenvalue weighted by Gasteiger charge is -2.20. The molecular formula is C19H23NO4S. The van der Waals surface area contributed by atoms with Gasteiger partial charge in [0.05, 0.1) is 10.9 Å². The second-order valence-corrected chi connectivity index (χ2v) is 8.11. The molecule has 0 radical (unpaired) electrons. The molecule has 0 heterocycles. The van der Waals surface area contributed by atoms with Crippen LogP contribution in [0.2, 0.25) is 0 Å². The van der Waals surface area contributed by atoms with Crippen molar-refractivity contribution in [3.63, 3.8) is 0 Å². The number of sulfone groups is 1. The van der Waals surface area contributed by atoms with Gasteiger partial charge in [0.2, 0.25) is 0 Å². The number of amides is 1. The molecule has 0 aliphatic carbocycles. The predicted molar refractivity (Wildman–Crippen MR) is 97.4 cm³/mol. The molecule has 0 aliphatic heterocycles. The average molecular weight is 361 g/mol. The summed E-state index contributed by atoms with van der Waals surface area (Å²) in [5.41, 5.74) is 1.79. The molecule has 1 N–H and O–H groups in total. The summed E-state index contributed by atoms with van der Waals surface area (Å²) < 4.78 is 28.7. The van der Waals surface area contributed by atoms with Crippen LogP contribution < -0.4 is 10.1 Å². The Labute approximate surface area is 148 Å². The SMILES string of the molecule is Cc1ccccc1O[C@H](C)C(=O)N[C@H](C)c1ccc(S(C)(=O)=O)cc1. The first-order valence-electron chi connectivity index (χ1n) is 8.01. The summed E-state index contributed by atoms with van der Waals surface area (Å²) in [5, 5.41) is 2.88. The van der Waals surface area contributed by atoms with Gasteiger partial charge in [-0.3, -0.25) is 4.79 Å². The maximum absolute atomic E-state index is 12.3. The topological polar surface area (TPSA) is 72.5 Å². The van der Waals surface area contributed by atoms with Crippen molar-refractivity contribution >= 4 is 15.7 Å². The van der Waals surface area contributed by atoms with Gasteiger partial charge in [0.15, 0.2) is 15.9 Å². The highest BCUT2D eigenvalue weighted by atomic mass is 32.2. The quantitative estimate of drug-likeness (QED) is 0.858. The first-order chi connectivity index (χ1) is 11.7. The number of hydrogen-bond donors (Lipinski definition) is 1. The summed E-state index contributed by atoms with van der Waals surface area (Å²) >= 11 is 0. The van der Waals surface area contributed by atoms with E-state index >= 15 is 0 Å². The largest absolute Gasteiger partial charge is 0.481 e. The molecule has 2 aromatic rings. The van der Waals surface area contributed by atoms with Crippen LogP contribution in [0, 0.1) is 6.92 Å². The van der Waals surface area contributed by atoms with Crippen LogP contribution in [0.5, 0.6) is 5.75 Å². The van der Waals surface area contributed by atoms with E-state index in [0.717, 1.165) is 17.4 Å². The third-order valence-corrected chi connectivity index (χ3v) is 5.06. The number of ether oxygens (including phenoxy) is 1. The minimum absolute atomic E-state index is 0.233. The lowest BCUT2D eigenvalue weighted by atomic mass is 10.1. The number of carbonyl (C=O) groups excluding carboxylic acids is 1. The van der Waals surface area contributed by atoms with Crippen molar-refractivity contribution in [2.24, 2.45) is 0 Å². The number of benzene rings is 2. The van der Waals surface area contributed by atoms with Crippen LogP contribution in [-0.2, 0) is 14.6 Å². The van der Waals surface area contributed by atoms with Crippen LogP contribution in [0.1, 0.15) is 31.0 Å². The van der Waals surface area contributed by atoms with Crippen molar-refractivity contribution < 1.29 is 17.9 Å². The van der Waals surface area contributed by atoms with E-state index in [2.05, 4.69) is 5.32 Å². The number of rotatable bonds is 6. The van der Waals surface area contributed by atoms with Gasteiger partial charge in [-0.25, -0.2) is 8.42 Å². The van der Waals surface area contributed by atoms with Crippen molar-refractivity contribution in [1.82, 2.24) is 5.32 Å². The third-order valence-electron chi connectivity index (χ3n) is 3.93. The second kappa shape index (κ2) is 7.70. The zero-order valence-corrected chi connectivity index (χ0v) is 15.6. The van der Waals surface area contributed by atoms with Gasteiger partial charge >= 0.3 is 0 Å². The Hall–Kier alpha value is -2.34. The van der Waals surface area contributed by atoms with E-state index in [1.54, 1.807) is 31.2 Å². The molecule has 2 aromatic carbocycles. The molecule has 2 atom stereocenters. The van der Waals surface area contributed by atoms with Crippen LogP contribution in [0.4, 0.5) is 0 Å². The van der Waals surface area contributed by atoms with E-state index in [-0.39, 0.29) is 16.8 Å². The Balaban J connectivity index is 2.00. The molecule has 0 aliphatic rings. The van der Waals surface area contributed by atoms with E-state index in [9.17, 15) is 13.2 Å². The summed E-state index contributed by atoms with van der Waals surface area (Å²) in [6.07, 6.45) is 0.525. The van der Waals surface area contributed by atoms with E-state index in [0.29, 0.717) is 5.75 Å². The van der Waals surface area contributed by atoms with Crippen LogP contribution in [0.25, 0.3) is 0 Å². The highest BCUT2D eigenvalue weighted by molar-refractivity contribution is 7.90. The first-order valence-corrected chi connectivity index (χ1v) is 9.90. The first kappa shape index (κ1) is 19.0. The fraction of sp³-hybridized carbons (Fsp3) is 0.316. The molecule has 0 spiro atoms. The monoisotopic (exact) mass is 361 g/mol. The number of aryl methyl sites for hydroxylation is 1. The summed E-state index contributed by atoms with van der Waals surface area (Å²) in [4.78, 5) is 12.6. The Kier molecular flexibility index (Phi) is 5.85. The molecule has 2 rings (SSSR count). The molecule has 0 bridgehead atoms. The Morgan fingerprint density at radius 1 is 1.04 bits per heavy atom.